The zero-order valence-corrected chi connectivity index (χ0v) is 15.5. The summed E-state index contributed by atoms with van der Waals surface area (Å²) in [7, 11) is 5.80. The lowest BCUT2D eigenvalue weighted by Crippen LogP contribution is -2.50. The van der Waals surface area contributed by atoms with Crippen molar-refractivity contribution in [3.05, 3.63) is 59.5 Å². The lowest BCUT2D eigenvalue weighted by Gasteiger charge is -2.29. The van der Waals surface area contributed by atoms with E-state index in [-0.39, 0.29) is 12.2 Å². The highest BCUT2D eigenvalue weighted by atomic mass is 16.4. The minimum atomic E-state index is -1.19. The fourth-order valence-corrected chi connectivity index (χ4v) is 2.83. The summed E-state index contributed by atoms with van der Waals surface area (Å²) in [5, 5.41) is 13.7. The number of rotatable bonds is 9. The molecule has 0 bridgehead atoms. The molecule has 0 saturated carbocycles. The van der Waals surface area contributed by atoms with Crippen LogP contribution in [-0.4, -0.2) is 50.1 Å². The third kappa shape index (κ3) is 6.72. The van der Waals surface area contributed by atoms with Gasteiger partial charge in [0.05, 0.1) is 33.7 Å². The van der Waals surface area contributed by atoms with Gasteiger partial charge in [0.2, 0.25) is 0 Å². The van der Waals surface area contributed by atoms with Crippen molar-refractivity contribution in [1.82, 2.24) is 5.32 Å². The van der Waals surface area contributed by atoms with Crippen molar-refractivity contribution in [2.24, 2.45) is 0 Å². The Labute approximate surface area is 154 Å². The second-order valence-corrected chi connectivity index (χ2v) is 7.47. The fraction of sp³-hybridized carbons (Fsp3) is 0.400. The van der Waals surface area contributed by atoms with Crippen molar-refractivity contribution in [1.29, 1.82) is 0 Å². The molecule has 1 atom stereocenters. The molecule has 140 valence electrons. The fourth-order valence-electron chi connectivity index (χ4n) is 2.83. The van der Waals surface area contributed by atoms with Gasteiger partial charge in [0.25, 0.3) is 5.91 Å². The lowest BCUT2D eigenvalue weighted by atomic mass is 10.1. The molecule has 0 fully saturated rings. The number of carbonyl (C=O) groups is 2. The van der Waals surface area contributed by atoms with E-state index >= 15 is 0 Å². The second kappa shape index (κ2) is 8.67. The van der Waals surface area contributed by atoms with Gasteiger partial charge in [-0.3, -0.25) is 4.79 Å². The molecule has 1 amide bonds. The summed E-state index contributed by atoms with van der Waals surface area (Å²) in [6.45, 7) is 0.474. The standard InChI is InChI=1S/C20H26N2O4/c1-22(2,3)14-16(13-19(23)24)21-20(25)18-12-11-17(26-18)10-9-15-7-5-4-6-8-15/h4-8,11-12,16H,9-10,13-14H2,1-3H3,(H-,21,23,24,25)/t16-/m1/s1. The van der Waals surface area contributed by atoms with E-state index in [0.717, 1.165) is 12.2 Å². The molecule has 0 aliphatic carbocycles. The maximum absolute atomic E-state index is 12.4. The lowest BCUT2D eigenvalue weighted by molar-refractivity contribution is -0.871. The van der Waals surface area contributed by atoms with Gasteiger partial charge in [-0.25, -0.2) is 0 Å². The number of carboxylic acids is 1. The monoisotopic (exact) mass is 358 g/mol. The Bertz CT molecular complexity index is 732. The molecule has 1 N–H and O–H groups in total. The highest BCUT2D eigenvalue weighted by molar-refractivity contribution is 5.91. The normalized spacial score (nSPS) is 12.6. The SMILES string of the molecule is C[N+](C)(C)C[C@@H](CC(=O)[O-])NC(=O)c1ccc(CCc2ccccc2)o1. The van der Waals surface area contributed by atoms with Crippen LogP contribution in [0.15, 0.2) is 46.9 Å². The van der Waals surface area contributed by atoms with Crippen LogP contribution in [0.4, 0.5) is 0 Å². The first kappa shape index (κ1) is 19.7. The molecular formula is C20H26N2O4. The number of furan rings is 1. The minimum absolute atomic E-state index is 0.192. The number of amides is 1. The van der Waals surface area contributed by atoms with Gasteiger partial charge in [-0.15, -0.1) is 0 Å². The third-order valence-electron chi connectivity index (χ3n) is 3.90. The highest BCUT2D eigenvalue weighted by Crippen LogP contribution is 2.12. The predicted octanol–water partition coefficient (Wildman–Crippen LogP) is 1.01. The first-order valence-corrected chi connectivity index (χ1v) is 8.67. The predicted molar refractivity (Wildman–Crippen MR) is 96.3 cm³/mol. The van der Waals surface area contributed by atoms with E-state index in [1.165, 1.54) is 5.56 Å². The van der Waals surface area contributed by atoms with E-state index in [0.29, 0.717) is 17.4 Å². The van der Waals surface area contributed by atoms with Gasteiger partial charge in [-0.2, -0.15) is 0 Å². The van der Waals surface area contributed by atoms with E-state index in [1.807, 2.05) is 51.5 Å². The van der Waals surface area contributed by atoms with Crippen molar-refractivity contribution >= 4 is 11.9 Å². The number of aryl methyl sites for hydroxylation is 2. The van der Waals surface area contributed by atoms with Crippen LogP contribution < -0.4 is 10.4 Å². The summed E-state index contributed by atoms with van der Waals surface area (Å²) in [6.07, 6.45) is 1.28. The molecule has 0 saturated heterocycles. The van der Waals surface area contributed by atoms with Crippen LogP contribution in [0.2, 0.25) is 0 Å². The Kier molecular flexibility index (Phi) is 6.58. The largest absolute Gasteiger partial charge is 0.550 e. The van der Waals surface area contributed by atoms with Crippen LogP contribution in [-0.2, 0) is 17.6 Å². The summed E-state index contributed by atoms with van der Waals surface area (Å²) < 4.78 is 6.15. The Morgan fingerprint density at radius 1 is 1.08 bits per heavy atom. The highest BCUT2D eigenvalue weighted by Gasteiger charge is 2.22. The van der Waals surface area contributed by atoms with Crippen molar-refractivity contribution in [2.45, 2.75) is 25.3 Å². The summed E-state index contributed by atoms with van der Waals surface area (Å²) in [5.41, 5.74) is 1.20. The molecule has 0 spiro atoms. The molecule has 0 aliphatic heterocycles. The number of aliphatic carboxylic acids is 1. The van der Waals surface area contributed by atoms with E-state index in [1.54, 1.807) is 12.1 Å². The van der Waals surface area contributed by atoms with Crippen LogP contribution in [0, 0.1) is 0 Å². The van der Waals surface area contributed by atoms with Crippen molar-refractivity contribution in [3.8, 4) is 0 Å². The number of benzene rings is 1. The minimum Gasteiger partial charge on any atom is -0.550 e. The maximum atomic E-state index is 12.4. The molecule has 0 radical (unpaired) electrons. The molecule has 26 heavy (non-hydrogen) atoms. The number of carboxylic acid groups (broad SMARTS) is 1. The van der Waals surface area contributed by atoms with E-state index < -0.39 is 17.9 Å². The van der Waals surface area contributed by atoms with Crippen molar-refractivity contribution in [3.63, 3.8) is 0 Å². The smallest absolute Gasteiger partial charge is 0.287 e. The number of quaternary nitrogens is 1. The zero-order valence-electron chi connectivity index (χ0n) is 15.5. The molecule has 0 unspecified atom stereocenters. The van der Waals surface area contributed by atoms with Crippen LogP contribution in [0.5, 0.6) is 0 Å². The van der Waals surface area contributed by atoms with Gasteiger partial charge in [0, 0.05) is 18.8 Å². The quantitative estimate of drug-likeness (QED) is 0.678. The van der Waals surface area contributed by atoms with Gasteiger partial charge >= 0.3 is 0 Å². The van der Waals surface area contributed by atoms with Crippen LogP contribution >= 0.6 is 0 Å². The zero-order chi connectivity index (χ0) is 19.2. The topological polar surface area (TPSA) is 82.4 Å². The first-order valence-electron chi connectivity index (χ1n) is 8.67. The molecule has 1 aromatic heterocycles. The average Bonchev–Trinajstić information content (AvgIpc) is 3.00. The number of nitrogens with zero attached hydrogens (tertiary/aromatic N) is 1. The Balaban J connectivity index is 1.95. The average molecular weight is 358 g/mol. The molecule has 1 aromatic carbocycles. The van der Waals surface area contributed by atoms with Gasteiger partial charge < -0.3 is 24.1 Å². The number of hydrogen-bond acceptors (Lipinski definition) is 4. The third-order valence-corrected chi connectivity index (χ3v) is 3.90. The summed E-state index contributed by atoms with van der Waals surface area (Å²) >= 11 is 0. The van der Waals surface area contributed by atoms with E-state index in [2.05, 4.69) is 5.32 Å². The molecule has 6 heteroatoms. The Morgan fingerprint density at radius 2 is 1.77 bits per heavy atom. The second-order valence-electron chi connectivity index (χ2n) is 7.47. The molecule has 2 aromatic rings. The van der Waals surface area contributed by atoms with Gasteiger partial charge in [-0.05, 0) is 24.1 Å². The molecule has 2 rings (SSSR count). The van der Waals surface area contributed by atoms with Gasteiger partial charge in [0.15, 0.2) is 5.76 Å². The summed E-state index contributed by atoms with van der Waals surface area (Å²) in [6, 6.07) is 12.9. The molecule has 0 aliphatic rings. The number of likely N-dealkylation sites (N-methyl/N-ethyl adjacent to an activating group) is 1. The molecule has 6 nitrogen and oxygen atoms in total. The molecular weight excluding hydrogens is 332 g/mol. The van der Waals surface area contributed by atoms with Gasteiger partial charge in [-0.1, -0.05) is 30.3 Å². The van der Waals surface area contributed by atoms with Crippen LogP contribution in [0.1, 0.15) is 28.3 Å². The number of hydrogen-bond donors (Lipinski definition) is 1. The van der Waals surface area contributed by atoms with Crippen LogP contribution in [0.25, 0.3) is 0 Å². The number of nitrogens with one attached hydrogen (secondary N) is 1. The van der Waals surface area contributed by atoms with Crippen LogP contribution in [0.3, 0.4) is 0 Å². The van der Waals surface area contributed by atoms with E-state index in [9.17, 15) is 14.7 Å². The Morgan fingerprint density at radius 3 is 2.38 bits per heavy atom. The Hall–Kier alpha value is -2.60. The van der Waals surface area contributed by atoms with Gasteiger partial charge in [0.1, 0.15) is 5.76 Å². The van der Waals surface area contributed by atoms with E-state index in [4.69, 9.17) is 4.42 Å². The maximum Gasteiger partial charge on any atom is 0.287 e. The number of carbonyl (C=O) groups excluding carboxylic acids is 2. The molecule has 1 heterocycles. The van der Waals surface area contributed by atoms with Crippen molar-refractivity contribution < 1.29 is 23.6 Å². The summed E-state index contributed by atoms with van der Waals surface area (Å²) in [5.74, 6) is -0.678. The van der Waals surface area contributed by atoms with Crippen molar-refractivity contribution in [2.75, 3.05) is 27.7 Å². The summed E-state index contributed by atoms with van der Waals surface area (Å²) in [4.78, 5) is 23.3. The first-order chi connectivity index (χ1) is 12.2.